The maximum absolute atomic E-state index is 11.5. The molecule has 1 atom stereocenters. The number of carboxylic acid groups (broad SMARTS) is 1. The summed E-state index contributed by atoms with van der Waals surface area (Å²) in [5.41, 5.74) is -0.539. The molecule has 0 amide bonds. The lowest BCUT2D eigenvalue weighted by molar-refractivity contribution is -0.152. The number of nitrogens with zero attached hydrogens (tertiary/aromatic N) is 3. The van der Waals surface area contributed by atoms with Gasteiger partial charge in [-0.25, -0.2) is 4.98 Å². The first-order valence-electron chi connectivity index (χ1n) is 7.01. The molecule has 0 bridgehead atoms. The molecule has 0 radical (unpaired) electrons. The van der Waals surface area contributed by atoms with Gasteiger partial charge in [-0.15, -0.1) is 0 Å². The van der Waals surface area contributed by atoms with Gasteiger partial charge in [-0.1, -0.05) is 6.92 Å². The molecule has 1 aromatic rings. The van der Waals surface area contributed by atoms with Crippen molar-refractivity contribution in [3.8, 4) is 0 Å². The van der Waals surface area contributed by atoms with Crippen LogP contribution in [0.2, 0.25) is 0 Å². The second-order valence-electron chi connectivity index (χ2n) is 5.49. The molecule has 2 heterocycles. The van der Waals surface area contributed by atoms with Crippen molar-refractivity contribution in [3.63, 3.8) is 0 Å². The Kier molecular flexibility index (Phi) is 4.24. The van der Waals surface area contributed by atoms with Gasteiger partial charge in [0.25, 0.3) is 0 Å². The molecule has 0 spiro atoms. The lowest BCUT2D eigenvalue weighted by Crippen LogP contribution is -2.48. The number of piperidine rings is 1. The molecular formula is C14H23N3O2. The Labute approximate surface area is 114 Å². The number of hydrogen-bond donors (Lipinski definition) is 1. The fourth-order valence-corrected chi connectivity index (χ4v) is 2.92. The number of imidazole rings is 1. The maximum Gasteiger partial charge on any atom is 0.310 e. The zero-order valence-corrected chi connectivity index (χ0v) is 11.8. The van der Waals surface area contributed by atoms with Gasteiger partial charge in [-0.2, -0.15) is 0 Å². The maximum atomic E-state index is 11.5. The van der Waals surface area contributed by atoms with Crippen LogP contribution in [0.15, 0.2) is 12.4 Å². The minimum Gasteiger partial charge on any atom is -0.481 e. The second-order valence-corrected chi connectivity index (χ2v) is 5.49. The van der Waals surface area contributed by atoms with Gasteiger partial charge >= 0.3 is 5.97 Å². The van der Waals surface area contributed by atoms with Crippen LogP contribution in [-0.4, -0.2) is 45.2 Å². The Balaban J connectivity index is 1.94. The summed E-state index contributed by atoms with van der Waals surface area (Å²) in [5, 5.41) is 9.46. The Bertz CT molecular complexity index is 444. The van der Waals surface area contributed by atoms with Crippen molar-refractivity contribution >= 4 is 5.97 Å². The van der Waals surface area contributed by atoms with Gasteiger partial charge in [0.15, 0.2) is 0 Å². The average molecular weight is 265 g/mol. The molecule has 0 aromatic carbocycles. The van der Waals surface area contributed by atoms with E-state index < -0.39 is 11.4 Å². The van der Waals surface area contributed by atoms with Crippen molar-refractivity contribution in [3.05, 3.63) is 18.2 Å². The number of hydrogen-bond acceptors (Lipinski definition) is 3. The van der Waals surface area contributed by atoms with Crippen molar-refractivity contribution in [2.45, 2.75) is 39.7 Å². The standard InChI is InChI=1S/C14H23N3O2/c1-3-14(13(18)19)5-4-7-16(11-14)9-10-17-8-6-15-12(17)2/h6,8H,3-5,7,9-11H2,1-2H3,(H,18,19). The SMILES string of the molecule is CCC1(C(=O)O)CCCN(CCn2ccnc2C)C1. The molecule has 5 nitrogen and oxygen atoms in total. The summed E-state index contributed by atoms with van der Waals surface area (Å²) >= 11 is 0. The lowest BCUT2D eigenvalue weighted by atomic mass is 9.77. The Morgan fingerprint density at radius 1 is 1.53 bits per heavy atom. The van der Waals surface area contributed by atoms with Crippen LogP contribution >= 0.6 is 0 Å². The predicted molar refractivity (Wildman–Crippen MR) is 73.0 cm³/mol. The van der Waals surface area contributed by atoms with E-state index in [9.17, 15) is 9.90 Å². The summed E-state index contributed by atoms with van der Waals surface area (Å²) in [6.07, 6.45) is 6.27. The van der Waals surface area contributed by atoms with E-state index in [0.29, 0.717) is 13.0 Å². The zero-order valence-electron chi connectivity index (χ0n) is 11.8. The summed E-state index contributed by atoms with van der Waals surface area (Å²) in [6, 6.07) is 0. The first-order valence-corrected chi connectivity index (χ1v) is 7.01. The van der Waals surface area contributed by atoms with Crippen molar-refractivity contribution < 1.29 is 9.90 Å². The Morgan fingerprint density at radius 3 is 2.89 bits per heavy atom. The average Bonchev–Trinajstić information content (AvgIpc) is 2.82. The third-order valence-electron chi connectivity index (χ3n) is 4.37. The van der Waals surface area contributed by atoms with Crippen LogP contribution in [0.3, 0.4) is 0 Å². The molecule has 5 heteroatoms. The Morgan fingerprint density at radius 2 is 2.32 bits per heavy atom. The van der Waals surface area contributed by atoms with Gasteiger partial charge in [-0.05, 0) is 32.7 Å². The normalized spacial score (nSPS) is 24.5. The summed E-state index contributed by atoms with van der Waals surface area (Å²) < 4.78 is 2.11. The number of rotatable bonds is 5. The van der Waals surface area contributed by atoms with Crippen LogP contribution in [0.1, 0.15) is 32.0 Å². The van der Waals surface area contributed by atoms with Gasteiger partial charge in [0.2, 0.25) is 0 Å². The minimum absolute atomic E-state index is 0.539. The van der Waals surface area contributed by atoms with Crippen LogP contribution < -0.4 is 0 Å². The monoisotopic (exact) mass is 265 g/mol. The molecule has 1 unspecified atom stereocenters. The lowest BCUT2D eigenvalue weighted by Gasteiger charge is -2.39. The smallest absolute Gasteiger partial charge is 0.310 e. The van der Waals surface area contributed by atoms with Crippen LogP contribution in [0, 0.1) is 12.3 Å². The number of aromatic nitrogens is 2. The van der Waals surface area contributed by atoms with Gasteiger partial charge in [-0.3, -0.25) is 4.79 Å². The molecule has 1 aromatic heterocycles. The molecule has 2 rings (SSSR count). The van der Waals surface area contributed by atoms with E-state index in [1.54, 1.807) is 6.20 Å². The summed E-state index contributed by atoms with van der Waals surface area (Å²) in [5.74, 6) is 0.371. The molecule has 1 fully saturated rings. The van der Waals surface area contributed by atoms with Gasteiger partial charge in [0.05, 0.1) is 5.41 Å². The summed E-state index contributed by atoms with van der Waals surface area (Å²) in [6.45, 7) is 7.42. The highest BCUT2D eigenvalue weighted by Gasteiger charge is 2.40. The van der Waals surface area contributed by atoms with E-state index in [-0.39, 0.29) is 0 Å². The highest BCUT2D eigenvalue weighted by molar-refractivity contribution is 5.75. The van der Waals surface area contributed by atoms with Crippen LogP contribution in [-0.2, 0) is 11.3 Å². The molecule has 0 saturated carbocycles. The molecule has 0 aliphatic carbocycles. The van der Waals surface area contributed by atoms with E-state index in [0.717, 1.165) is 38.3 Å². The van der Waals surface area contributed by atoms with E-state index in [2.05, 4.69) is 14.5 Å². The number of carbonyl (C=O) groups is 1. The fraction of sp³-hybridized carbons (Fsp3) is 0.714. The van der Waals surface area contributed by atoms with Crippen molar-refractivity contribution in [1.82, 2.24) is 14.5 Å². The highest BCUT2D eigenvalue weighted by atomic mass is 16.4. The Hall–Kier alpha value is -1.36. The molecule has 1 N–H and O–H groups in total. The van der Waals surface area contributed by atoms with Crippen molar-refractivity contribution in [2.24, 2.45) is 5.41 Å². The highest BCUT2D eigenvalue weighted by Crippen LogP contribution is 2.33. The third-order valence-corrected chi connectivity index (χ3v) is 4.37. The number of aryl methyl sites for hydroxylation is 1. The van der Waals surface area contributed by atoms with Gasteiger partial charge < -0.3 is 14.6 Å². The molecule has 1 aliphatic heterocycles. The zero-order chi connectivity index (χ0) is 13.9. The molecule has 106 valence electrons. The van der Waals surface area contributed by atoms with Gasteiger partial charge in [0.1, 0.15) is 5.82 Å². The van der Waals surface area contributed by atoms with E-state index >= 15 is 0 Å². The van der Waals surface area contributed by atoms with Gasteiger partial charge in [0, 0.05) is 32.0 Å². The van der Waals surface area contributed by atoms with Crippen LogP contribution in [0.4, 0.5) is 0 Å². The predicted octanol–water partition coefficient (Wildman–Crippen LogP) is 1.77. The van der Waals surface area contributed by atoms with Crippen molar-refractivity contribution in [2.75, 3.05) is 19.6 Å². The molecule has 1 aliphatic rings. The topological polar surface area (TPSA) is 58.4 Å². The van der Waals surface area contributed by atoms with Crippen molar-refractivity contribution in [1.29, 1.82) is 0 Å². The molecule has 19 heavy (non-hydrogen) atoms. The number of likely N-dealkylation sites (tertiary alicyclic amines) is 1. The number of carboxylic acids is 1. The van der Waals surface area contributed by atoms with Crippen LogP contribution in [0.5, 0.6) is 0 Å². The quantitative estimate of drug-likeness (QED) is 0.881. The third kappa shape index (κ3) is 2.97. The van der Waals surface area contributed by atoms with E-state index in [4.69, 9.17) is 0 Å². The van der Waals surface area contributed by atoms with E-state index in [1.807, 2.05) is 20.0 Å². The van der Waals surface area contributed by atoms with Crippen LogP contribution in [0.25, 0.3) is 0 Å². The minimum atomic E-state index is -0.640. The summed E-state index contributed by atoms with van der Waals surface area (Å²) in [7, 11) is 0. The number of aliphatic carboxylic acids is 1. The fourth-order valence-electron chi connectivity index (χ4n) is 2.92. The first kappa shape index (κ1) is 14.1. The largest absolute Gasteiger partial charge is 0.481 e. The molecular weight excluding hydrogens is 242 g/mol. The summed E-state index contributed by atoms with van der Waals surface area (Å²) in [4.78, 5) is 18.0. The second kappa shape index (κ2) is 5.74. The van der Waals surface area contributed by atoms with E-state index in [1.165, 1.54) is 0 Å². The molecule has 1 saturated heterocycles. The first-order chi connectivity index (χ1) is 9.07.